The van der Waals surface area contributed by atoms with E-state index in [0.717, 1.165) is 32.2 Å². The Morgan fingerprint density at radius 3 is 2.68 bits per heavy atom. The lowest BCUT2D eigenvalue weighted by Crippen LogP contribution is -2.55. The second kappa shape index (κ2) is 5.79. The molecule has 0 radical (unpaired) electrons. The van der Waals surface area contributed by atoms with Crippen molar-refractivity contribution in [1.29, 1.82) is 0 Å². The fourth-order valence-electron chi connectivity index (χ4n) is 3.18. The lowest BCUT2D eigenvalue weighted by Gasteiger charge is -2.34. The molecule has 2 rings (SSSR count). The third-order valence-corrected chi connectivity index (χ3v) is 5.89. The van der Waals surface area contributed by atoms with Crippen molar-refractivity contribution in [3.8, 4) is 0 Å². The molecule has 0 aliphatic carbocycles. The lowest BCUT2D eigenvalue weighted by atomic mass is 9.90. The van der Waals surface area contributed by atoms with Crippen LogP contribution >= 0.6 is 0 Å². The first kappa shape index (κ1) is 14.8. The molecule has 2 fully saturated rings. The summed E-state index contributed by atoms with van der Waals surface area (Å²) in [5, 5.41) is 3.37. The minimum Gasteiger partial charge on any atom is -0.340 e. The lowest BCUT2D eigenvalue weighted by molar-refractivity contribution is -0.138. The number of rotatable bonds is 3. The summed E-state index contributed by atoms with van der Waals surface area (Å²) < 4.78 is 23.2. The highest BCUT2D eigenvalue weighted by molar-refractivity contribution is 7.91. The Labute approximate surface area is 115 Å². The molecule has 0 spiro atoms. The average molecular weight is 288 g/mol. The summed E-state index contributed by atoms with van der Waals surface area (Å²) in [6.07, 6.45) is 4.27. The Morgan fingerprint density at radius 2 is 2.05 bits per heavy atom. The highest BCUT2D eigenvalue weighted by atomic mass is 32.2. The fourth-order valence-corrected chi connectivity index (χ4v) is 4.45. The van der Waals surface area contributed by atoms with Crippen molar-refractivity contribution in [2.24, 2.45) is 0 Å². The van der Waals surface area contributed by atoms with Crippen LogP contribution in [0, 0.1) is 0 Å². The molecule has 2 aliphatic rings. The van der Waals surface area contributed by atoms with Crippen LogP contribution in [0.4, 0.5) is 0 Å². The van der Waals surface area contributed by atoms with Crippen molar-refractivity contribution in [3.05, 3.63) is 0 Å². The van der Waals surface area contributed by atoms with Crippen molar-refractivity contribution in [2.75, 3.05) is 31.1 Å². The summed E-state index contributed by atoms with van der Waals surface area (Å²) in [5.74, 6) is 0.440. The molecule has 0 aromatic carbocycles. The minimum absolute atomic E-state index is 0.112. The molecular weight excluding hydrogens is 264 g/mol. The highest BCUT2D eigenvalue weighted by Gasteiger charge is 2.42. The first-order chi connectivity index (χ1) is 8.99. The van der Waals surface area contributed by atoms with Crippen molar-refractivity contribution >= 4 is 15.7 Å². The van der Waals surface area contributed by atoms with Crippen LogP contribution in [0.15, 0.2) is 0 Å². The second-order valence-electron chi connectivity index (χ2n) is 5.66. The van der Waals surface area contributed by atoms with E-state index in [1.165, 1.54) is 0 Å². The van der Waals surface area contributed by atoms with Crippen molar-refractivity contribution in [3.63, 3.8) is 0 Å². The monoisotopic (exact) mass is 288 g/mol. The molecule has 6 heteroatoms. The van der Waals surface area contributed by atoms with Gasteiger partial charge in [0, 0.05) is 13.1 Å². The molecule has 0 aromatic heterocycles. The van der Waals surface area contributed by atoms with E-state index in [1.807, 2.05) is 0 Å². The molecule has 1 atom stereocenters. The van der Waals surface area contributed by atoms with Crippen molar-refractivity contribution in [1.82, 2.24) is 10.2 Å². The summed E-state index contributed by atoms with van der Waals surface area (Å²) in [5.41, 5.74) is -0.428. The number of carbonyl (C=O) groups is 1. The van der Waals surface area contributed by atoms with Gasteiger partial charge in [-0.15, -0.1) is 0 Å². The molecule has 0 saturated carbocycles. The molecule has 2 heterocycles. The normalized spacial score (nSPS) is 31.1. The standard InChI is InChI=1S/C13H24N2O3S/c1-2-5-13(6-3-7-14-13)12(16)15-8-4-10-19(17,18)11-9-15/h14H,2-11H2,1H3. The second-order valence-corrected chi connectivity index (χ2v) is 7.96. The van der Waals surface area contributed by atoms with Crippen LogP contribution in [0.25, 0.3) is 0 Å². The van der Waals surface area contributed by atoms with Crippen LogP contribution < -0.4 is 5.32 Å². The number of amides is 1. The SMILES string of the molecule is CCCC1(C(=O)N2CCCS(=O)(=O)CC2)CCCN1. The maximum absolute atomic E-state index is 12.7. The largest absolute Gasteiger partial charge is 0.340 e. The Balaban J connectivity index is 2.09. The Hall–Kier alpha value is -0.620. The number of nitrogens with zero attached hydrogens (tertiary/aromatic N) is 1. The molecule has 1 amide bonds. The molecule has 0 bridgehead atoms. The Morgan fingerprint density at radius 1 is 1.26 bits per heavy atom. The van der Waals surface area contributed by atoms with Gasteiger partial charge in [0.05, 0.1) is 17.0 Å². The van der Waals surface area contributed by atoms with Gasteiger partial charge in [0.25, 0.3) is 0 Å². The van der Waals surface area contributed by atoms with Crippen LogP contribution in [0.3, 0.4) is 0 Å². The summed E-state index contributed by atoms with van der Waals surface area (Å²) >= 11 is 0. The van der Waals surface area contributed by atoms with Crippen LogP contribution in [0.2, 0.25) is 0 Å². The maximum atomic E-state index is 12.7. The van der Waals surface area contributed by atoms with Gasteiger partial charge in [0.15, 0.2) is 9.84 Å². The number of sulfone groups is 1. The predicted octanol–water partition coefficient (Wildman–Crippen LogP) is 0.556. The van der Waals surface area contributed by atoms with Gasteiger partial charge < -0.3 is 10.2 Å². The van der Waals surface area contributed by atoms with E-state index in [2.05, 4.69) is 12.2 Å². The van der Waals surface area contributed by atoms with Gasteiger partial charge in [-0.05, 0) is 32.2 Å². The van der Waals surface area contributed by atoms with Crippen LogP contribution in [-0.4, -0.2) is 55.9 Å². The summed E-state index contributed by atoms with van der Waals surface area (Å²) in [6, 6.07) is 0. The average Bonchev–Trinajstić information content (AvgIpc) is 2.75. The molecule has 1 unspecified atom stereocenters. The molecule has 1 N–H and O–H groups in total. The molecule has 0 aromatic rings. The van der Waals surface area contributed by atoms with E-state index in [0.29, 0.717) is 19.5 Å². The maximum Gasteiger partial charge on any atom is 0.242 e. The Bertz CT molecular complexity index is 427. The number of carbonyl (C=O) groups excluding carboxylic acids is 1. The molecule has 2 aliphatic heterocycles. The number of nitrogens with one attached hydrogen (secondary N) is 1. The van der Waals surface area contributed by atoms with Gasteiger partial charge >= 0.3 is 0 Å². The van der Waals surface area contributed by atoms with E-state index in [-0.39, 0.29) is 17.4 Å². The first-order valence-corrected chi connectivity index (χ1v) is 9.06. The third-order valence-electron chi connectivity index (χ3n) is 4.17. The predicted molar refractivity (Wildman–Crippen MR) is 74.7 cm³/mol. The van der Waals surface area contributed by atoms with Gasteiger partial charge in [0.1, 0.15) is 0 Å². The van der Waals surface area contributed by atoms with Gasteiger partial charge in [0.2, 0.25) is 5.91 Å². The highest BCUT2D eigenvalue weighted by Crippen LogP contribution is 2.27. The van der Waals surface area contributed by atoms with Gasteiger partial charge in [-0.2, -0.15) is 0 Å². The van der Waals surface area contributed by atoms with Gasteiger partial charge in [-0.1, -0.05) is 13.3 Å². The fraction of sp³-hybridized carbons (Fsp3) is 0.923. The molecule has 110 valence electrons. The molecule has 19 heavy (non-hydrogen) atoms. The third kappa shape index (κ3) is 3.28. The zero-order chi connectivity index (χ0) is 13.9. The van der Waals surface area contributed by atoms with E-state index in [9.17, 15) is 13.2 Å². The quantitative estimate of drug-likeness (QED) is 0.824. The summed E-state index contributed by atoms with van der Waals surface area (Å²) in [7, 11) is -2.96. The van der Waals surface area contributed by atoms with Crippen molar-refractivity contribution < 1.29 is 13.2 Å². The number of hydrogen-bond acceptors (Lipinski definition) is 4. The van der Waals surface area contributed by atoms with E-state index in [1.54, 1.807) is 4.90 Å². The zero-order valence-electron chi connectivity index (χ0n) is 11.7. The van der Waals surface area contributed by atoms with Gasteiger partial charge in [-0.3, -0.25) is 4.79 Å². The Kier molecular flexibility index (Phi) is 4.50. The minimum atomic E-state index is -2.96. The molecule has 2 saturated heterocycles. The van der Waals surface area contributed by atoms with Crippen LogP contribution in [-0.2, 0) is 14.6 Å². The van der Waals surface area contributed by atoms with Gasteiger partial charge in [-0.25, -0.2) is 8.42 Å². The van der Waals surface area contributed by atoms with Crippen LogP contribution in [0.5, 0.6) is 0 Å². The van der Waals surface area contributed by atoms with E-state index in [4.69, 9.17) is 0 Å². The van der Waals surface area contributed by atoms with Crippen molar-refractivity contribution in [2.45, 2.75) is 44.6 Å². The number of hydrogen-bond donors (Lipinski definition) is 1. The summed E-state index contributed by atoms with van der Waals surface area (Å²) in [4.78, 5) is 14.5. The smallest absolute Gasteiger partial charge is 0.242 e. The molecule has 5 nitrogen and oxygen atoms in total. The topological polar surface area (TPSA) is 66.5 Å². The molecular formula is C13H24N2O3S. The first-order valence-electron chi connectivity index (χ1n) is 7.24. The van der Waals surface area contributed by atoms with Crippen LogP contribution in [0.1, 0.15) is 39.0 Å². The van der Waals surface area contributed by atoms with E-state index >= 15 is 0 Å². The summed E-state index contributed by atoms with van der Waals surface area (Å²) in [6.45, 7) is 3.90. The van der Waals surface area contributed by atoms with E-state index < -0.39 is 15.4 Å². The zero-order valence-corrected chi connectivity index (χ0v) is 12.5.